The van der Waals surface area contributed by atoms with E-state index < -0.39 is 11.5 Å². The molecule has 5 N–H and O–H groups in total. The number of aliphatic hydroxyl groups is 1. The van der Waals surface area contributed by atoms with Gasteiger partial charge in [-0.2, -0.15) is 0 Å². The van der Waals surface area contributed by atoms with Gasteiger partial charge in [0.1, 0.15) is 5.56 Å². The number of nitrogens with one attached hydrogen (secondary N) is 2. The van der Waals surface area contributed by atoms with Crippen molar-refractivity contribution in [3.05, 3.63) is 58.1 Å². The lowest BCUT2D eigenvalue weighted by molar-refractivity contribution is 0.0953. The van der Waals surface area contributed by atoms with Crippen molar-refractivity contribution >= 4 is 22.5 Å². The van der Waals surface area contributed by atoms with Crippen LogP contribution in [0.1, 0.15) is 29.4 Å². The number of benzene rings is 1. The van der Waals surface area contributed by atoms with Crippen molar-refractivity contribution in [3.63, 3.8) is 0 Å². The summed E-state index contributed by atoms with van der Waals surface area (Å²) < 4.78 is 0. The molecule has 2 heterocycles. The van der Waals surface area contributed by atoms with E-state index in [-0.39, 0.29) is 17.9 Å². The molecule has 3 rings (SSSR count). The number of aliphatic hydroxyl groups excluding tert-OH is 1. The van der Waals surface area contributed by atoms with Crippen LogP contribution in [0, 0.1) is 0 Å². The highest BCUT2D eigenvalue weighted by Gasteiger charge is 2.18. The van der Waals surface area contributed by atoms with Gasteiger partial charge in [0.2, 0.25) is 0 Å². The second kappa shape index (κ2) is 7.37. The average Bonchev–Trinajstić information content (AvgIpc) is 2.66. The van der Waals surface area contributed by atoms with E-state index in [1.54, 1.807) is 24.4 Å². The lowest BCUT2D eigenvalue weighted by Crippen LogP contribution is -2.31. The molecule has 0 aliphatic carbocycles. The van der Waals surface area contributed by atoms with E-state index >= 15 is 0 Å². The topological polar surface area (TPSA) is 121 Å². The number of aromatic nitrogens is 2. The fraction of sp³-hybridized carbons (Fsp3) is 0.211. The Hall–Kier alpha value is -3.19. The fourth-order valence-electron chi connectivity index (χ4n) is 2.81. The Labute approximate surface area is 149 Å². The minimum absolute atomic E-state index is 0.0724. The molecule has 0 fully saturated rings. The van der Waals surface area contributed by atoms with Crippen LogP contribution in [0.2, 0.25) is 0 Å². The molecule has 0 radical (unpaired) electrons. The number of nitrogens with two attached hydrogens (primary N) is 1. The summed E-state index contributed by atoms with van der Waals surface area (Å²) in [4.78, 5) is 31.7. The third-order valence-corrected chi connectivity index (χ3v) is 4.15. The zero-order valence-corrected chi connectivity index (χ0v) is 14.4. The largest absolute Gasteiger partial charge is 0.397 e. The van der Waals surface area contributed by atoms with Crippen LogP contribution in [0.3, 0.4) is 0 Å². The van der Waals surface area contributed by atoms with Crippen LogP contribution in [0.15, 0.2) is 41.3 Å². The Morgan fingerprint density at radius 1 is 1.31 bits per heavy atom. The number of anilines is 1. The first kappa shape index (κ1) is 17.6. The van der Waals surface area contributed by atoms with Gasteiger partial charge in [-0.05, 0) is 12.5 Å². The second-order valence-electron chi connectivity index (χ2n) is 5.92. The average molecular weight is 352 g/mol. The van der Waals surface area contributed by atoms with Gasteiger partial charge in [-0.15, -0.1) is 0 Å². The summed E-state index contributed by atoms with van der Waals surface area (Å²) in [7, 11) is 0. The quantitative estimate of drug-likeness (QED) is 0.558. The van der Waals surface area contributed by atoms with Crippen LogP contribution in [-0.4, -0.2) is 27.5 Å². The highest BCUT2D eigenvalue weighted by atomic mass is 16.3. The van der Waals surface area contributed by atoms with E-state index in [4.69, 9.17) is 10.8 Å². The van der Waals surface area contributed by atoms with E-state index in [0.717, 1.165) is 17.5 Å². The Morgan fingerprint density at radius 2 is 2.12 bits per heavy atom. The third kappa shape index (κ3) is 3.16. The number of rotatable bonds is 5. The Morgan fingerprint density at radius 3 is 2.77 bits per heavy atom. The first-order chi connectivity index (χ1) is 12.6. The molecule has 7 heteroatoms. The summed E-state index contributed by atoms with van der Waals surface area (Å²) in [6, 6.07) is 8.92. The van der Waals surface area contributed by atoms with Gasteiger partial charge in [0.25, 0.3) is 11.5 Å². The number of para-hydroxylation sites is 1. The van der Waals surface area contributed by atoms with Gasteiger partial charge in [0.15, 0.2) is 0 Å². The number of aromatic amines is 1. The Bertz CT molecular complexity index is 1010. The molecule has 1 amide bonds. The minimum atomic E-state index is -0.531. The van der Waals surface area contributed by atoms with Crippen molar-refractivity contribution in [1.82, 2.24) is 15.3 Å². The number of pyridine rings is 2. The first-order valence-electron chi connectivity index (χ1n) is 8.35. The highest BCUT2D eigenvalue weighted by molar-refractivity contribution is 6.08. The van der Waals surface area contributed by atoms with E-state index in [9.17, 15) is 9.59 Å². The van der Waals surface area contributed by atoms with Crippen LogP contribution in [0.5, 0.6) is 0 Å². The molecule has 26 heavy (non-hydrogen) atoms. The number of hydrogen-bond donors (Lipinski definition) is 4. The van der Waals surface area contributed by atoms with E-state index in [1.807, 2.05) is 19.1 Å². The van der Waals surface area contributed by atoms with Crippen molar-refractivity contribution < 1.29 is 9.90 Å². The number of hydrogen-bond acceptors (Lipinski definition) is 5. The monoisotopic (exact) mass is 352 g/mol. The van der Waals surface area contributed by atoms with Crippen LogP contribution in [0.4, 0.5) is 5.69 Å². The molecular weight excluding hydrogens is 332 g/mol. The standard InChI is InChI=1S/C19H20N4O3/c1-2-8-21-18(25)15-16(20)14-5-3-4-13(17(14)23-19(15)26)11-6-7-12(10-24)22-9-11/h3-7,9,24H,2,8,10H2,1H3,(H,21,25)(H3,20,23,26). The first-order valence-corrected chi connectivity index (χ1v) is 8.35. The fourth-order valence-corrected chi connectivity index (χ4v) is 2.81. The summed E-state index contributed by atoms with van der Waals surface area (Å²) in [6.45, 7) is 2.26. The van der Waals surface area contributed by atoms with Gasteiger partial charge in [0.05, 0.1) is 23.5 Å². The molecule has 0 atom stereocenters. The molecule has 1 aromatic carbocycles. The van der Waals surface area contributed by atoms with E-state index in [0.29, 0.717) is 23.1 Å². The van der Waals surface area contributed by atoms with Gasteiger partial charge in [-0.1, -0.05) is 31.2 Å². The third-order valence-electron chi connectivity index (χ3n) is 4.15. The zero-order chi connectivity index (χ0) is 18.7. The van der Waals surface area contributed by atoms with Crippen LogP contribution in [0.25, 0.3) is 22.0 Å². The molecule has 0 bridgehead atoms. The lowest BCUT2D eigenvalue weighted by Gasteiger charge is -2.12. The molecule has 0 unspecified atom stereocenters. The number of nitrogens with zero attached hydrogens (tertiary/aromatic N) is 1. The SMILES string of the molecule is CCCNC(=O)c1c(N)c2cccc(-c3ccc(CO)nc3)c2[nH]c1=O. The number of H-pyrrole nitrogens is 1. The maximum Gasteiger partial charge on any atom is 0.263 e. The van der Waals surface area contributed by atoms with Crippen molar-refractivity contribution in [2.24, 2.45) is 0 Å². The highest BCUT2D eigenvalue weighted by Crippen LogP contribution is 2.30. The zero-order valence-electron chi connectivity index (χ0n) is 14.4. The predicted octanol–water partition coefficient (Wildman–Crippen LogP) is 1.80. The number of carbonyl (C=O) groups is 1. The summed E-state index contributed by atoms with van der Waals surface area (Å²) >= 11 is 0. The van der Waals surface area contributed by atoms with Crippen molar-refractivity contribution in [3.8, 4) is 11.1 Å². The van der Waals surface area contributed by atoms with Crippen molar-refractivity contribution in [2.45, 2.75) is 20.0 Å². The number of carbonyl (C=O) groups excluding carboxylic acids is 1. The van der Waals surface area contributed by atoms with Gasteiger partial charge >= 0.3 is 0 Å². The summed E-state index contributed by atoms with van der Waals surface area (Å²) in [6.07, 6.45) is 2.38. The summed E-state index contributed by atoms with van der Waals surface area (Å²) in [5.74, 6) is -0.480. The molecular formula is C19H20N4O3. The summed E-state index contributed by atoms with van der Waals surface area (Å²) in [5.41, 5.74) is 8.31. The molecule has 0 aliphatic rings. The van der Waals surface area contributed by atoms with Gasteiger partial charge in [-0.25, -0.2) is 0 Å². The van der Waals surface area contributed by atoms with Crippen LogP contribution in [-0.2, 0) is 6.61 Å². The Kier molecular flexibility index (Phi) is 4.99. The number of fused-ring (bicyclic) bond motifs is 1. The number of nitrogen functional groups attached to an aromatic ring is 1. The maximum absolute atomic E-state index is 12.5. The molecule has 0 saturated heterocycles. The van der Waals surface area contributed by atoms with Gasteiger partial charge in [-0.3, -0.25) is 14.6 Å². The second-order valence-corrected chi connectivity index (χ2v) is 5.92. The van der Waals surface area contributed by atoms with Gasteiger partial charge in [0, 0.05) is 29.3 Å². The number of amides is 1. The maximum atomic E-state index is 12.5. The molecule has 134 valence electrons. The molecule has 3 aromatic rings. The molecule has 7 nitrogen and oxygen atoms in total. The van der Waals surface area contributed by atoms with Crippen molar-refractivity contribution in [2.75, 3.05) is 12.3 Å². The Balaban J connectivity index is 2.16. The normalized spacial score (nSPS) is 10.8. The van der Waals surface area contributed by atoms with Crippen LogP contribution >= 0.6 is 0 Å². The molecule has 2 aromatic heterocycles. The van der Waals surface area contributed by atoms with E-state index in [2.05, 4.69) is 15.3 Å². The molecule has 0 saturated carbocycles. The smallest absolute Gasteiger partial charge is 0.263 e. The predicted molar refractivity (Wildman–Crippen MR) is 101 cm³/mol. The van der Waals surface area contributed by atoms with Crippen molar-refractivity contribution in [1.29, 1.82) is 0 Å². The van der Waals surface area contributed by atoms with Crippen LogP contribution < -0.4 is 16.6 Å². The van der Waals surface area contributed by atoms with Gasteiger partial charge < -0.3 is 21.1 Å². The minimum Gasteiger partial charge on any atom is -0.397 e. The summed E-state index contributed by atoms with van der Waals surface area (Å²) in [5, 5.41) is 12.4. The van der Waals surface area contributed by atoms with E-state index in [1.165, 1.54) is 0 Å². The molecule has 0 spiro atoms. The molecule has 0 aliphatic heterocycles. The lowest BCUT2D eigenvalue weighted by atomic mass is 10.0.